The lowest BCUT2D eigenvalue weighted by molar-refractivity contribution is -0.131. The Bertz CT molecular complexity index is 1070. The van der Waals surface area contributed by atoms with E-state index in [1.807, 2.05) is 29.2 Å². The standard InChI is InChI=1S/C23H24N4O4/c1-16-24-22(31-25-16)18-6-8-19(9-7-18)23(29)27-12-10-26(11-13-27)21(28)15-17-4-3-5-20(14-17)30-2/h3-9,14H,10-13,15H2,1-2H3. The van der Waals surface area contributed by atoms with Gasteiger partial charge < -0.3 is 19.1 Å². The van der Waals surface area contributed by atoms with Crippen molar-refractivity contribution in [3.8, 4) is 17.2 Å². The van der Waals surface area contributed by atoms with Gasteiger partial charge in [0.05, 0.1) is 13.5 Å². The zero-order valence-corrected chi connectivity index (χ0v) is 17.6. The van der Waals surface area contributed by atoms with Crippen molar-refractivity contribution in [1.29, 1.82) is 0 Å². The molecule has 1 aromatic heterocycles. The molecule has 160 valence electrons. The van der Waals surface area contributed by atoms with E-state index >= 15 is 0 Å². The maximum atomic E-state index is 12.8. The van der Waals surface area contributed by atoms with Gasteiger partial charge >= 0.3 is 0 Å². The van der Waals surface area contributed by atoms with Gasteiger partial charge in [0.1, 0.15) is 5.75 Å². The number of amides is 2. The van der Waals surface area contributed by atoms with E-state index in [1.54, 1.807) is 43.2 Å². The van der Waals surface area contributed by atoms with Crippen LogP contribution in [0.5, 0.6) is 5.75 Å². The normalized spacial score (nSPS) is 13.9. The molecule has 0 aliphatic carbocycles. The molecule has 1 aliphatic heterocycles. The summed E-state index contributed by atoms with van der Waals surface area (Å²) in [5, 5.41) is 3.78. The number of aryl methyl sites for hydroxylation is 1. The van der Waals surface area contributed by atoms with Gasteiger partial charge in [0, 0.05) is 37.3 Å². The molecule has 0 atom stereocenters. The van der Waals surface area contributed by atoms with Crippen LogP contribution in [0, 0.1) is 6.92 Å². The molecule has 0 radical (unpaired) electrons. The van der Waals surface area contributed by atoms with Crippen molar-refractivity contribution in [2.24, 2.45) is 0 Å². The number of hydrogen-bond acceptors (Lipinski definition) is 6. The second-order valence-electron chi connectivity index (χ2n) is 7.43. The van der Waals surface area contributed by atoms with Gasteiger partial charge in [-0.3, -0.25) is 9.59 Å². The Balaban J connectivity index is 1.32. The summed E-state index contributed by atoms with van der Waals surface area (Å²) in [5.41, 5.74) is 2.28. The molecule has 1 fully saturated rings. The number of piperazine rings is 1. The van der Waals surface area contributed by atoms with Crippen LogP contribution >= 0.6 is 0 Å². The van der Waals surface area contributed by atoms with Crippen LogP contribution in [0.15, 0.2) is 53.1 Å². The van der Waals surface area contributed by atoms with Crippen LogP contribution in [0.3, 0.4) is 0 Å². The molecule has 31 heavy (non-hydrogen) atoms. The van der Waals surface area contributed by atoms with Crippen molar-refractivity contribution < 1.29 is 18.8 Å². The Labute approximate surface area is 180 Å². The Kier molecular flexibility index (Phi) is 5.97. The summed E-state index contributed by atoms with van der Waals surface area (Å²) in [4.78, 5) is 33.3. The van der Waals surface area contributed by atoms with Crippen molar-refractivity contribution in [2.75, 3.05) is 33.3 Å². The maximum absolute atomic E-state index is 12.8. The number of nitrogens with zero attached hydrogens (tertiary/aromatic N) is 4. The third-order valence-electron chi connectivity index (χ3n) is 5.32. The second-order valence-corrected chi connectivity index (χ2v) is 7.43. The van der Waals surface area contributed by atoms with E-state index < -0.39 is 0 Å². The van der Waals surface area contributed by atoms with Crippen molar-refractivity contribution in [1.82, 2.24) is 19.9 Å². The first-order chi connectivity index (χ1) is 15.0. The molecule has 4 rings (SSSR count). The van der Waals surface area contributed by atoms with Crippen molar-refractivity contribution >= 4 is 11.8 Å². The number of carbonyl (C=O) groups excluding carboxylic acids is 2. The van der Waals surface area contributed by atoms with Gasteiger partial charge in [-0.15, -0.1) is 0 Å². The minimum atomic E-state index is -0.0480. The first kappa shape index (κ1) is 20.6. The highest BCUT2D eigenvalue weighted by Crippen LogP contribution is 2.19. The molecule has 0 bridgehead atoms. The highest BCUT2D eigenvalue weighted by atomic mass is 16.5. The van der Waals surface area contributed by atoms with E-state index in [9.17, 15) is 9.59 Å². The first-order valence-corrected chi connectivity index (χ1v) is 10.1. The molecule has 3 aromatic rings. The fourth-order valence-corrected chi connectivity index (χ4v) is 3.58. The molecule has 8 heteroatoms. The lowest BCUT2D eigenvalue weighted by atomic mass is 10.1. The number of ether oxygens (including phenoxy) is 1. The first-order valence-electron chi connectivity index (χ1n) is 10.1. The average Bonchev–Trinajstić information content (AvgIpc) is 3.25. The van der Waals surface area contributed by atoms with Gasteiger partial charge in [0.25, 0.3) is 11.8 Å². The van der Waals surface area contributed by atoms with Gasteiger partial charge in [0.15, 0.2) is 5.82 Å². The Morgan fingerprint density at radius 3 is 2.39 bits per heavy atom. The van der Waals surface area contributed by atoms with E-state index in [1.165, 1.54) is 0 Å². The Morgan fingerprint density at radius 1 is 1.03 bits per heavy atom. The lowest BCUT2D eigenvalue weighted by Gasteiger charge is -2.35. The number of rotatable bonds is 5. The van der Waals surface area contributed by atoms with Crippen molar-refractivity contribution in [3.63, 3.8) is 0 Å². The van der Waals surface area contributed by atoms with E-state index in [4.69, 9.17) is 9.26 Å². The summed E-state index contributed by atoms with van der Waals surface area (Å²) >= 11 is 0. The van der Waals surface area contributed by atoms with Gasteiger partial charge in [-0.2, -0.15) is 4.98 Å². The van der Waals surface area contributed by atoms with Gasteiger partial charge in [-0.05, 0) is 48.9 Å². The summed E-state index contributed by atoms with van der Waals surface area (Å²) in [5.74, 6) is 1.74. The van der Waals surface area contributed by atoms with Crippen molar-refractivity contribution in [3.05, 3.63) is 65.5 Å². The topological polar surface area (TPSA) is 88.8 Å². The van der Waals surface area contributed by atoms with E-state index in [0.717, 1.165) is 16.9 Å². The Morgan fingerprint density at radius 2 is 1.74 bits per heavy atom. The largest absolute Gasteiger partial charge is 0.497 e. The highest BCUT2D eigenvalue weighted by molar-refractivity contribution is 5.94. The van der Waals surface area contributed by atoms with Crippen LogP contribution in [0.1, 0.15) is 21.7 Å². The van der Waals surface area contributed by atoms with Crippen LogP contribution in [-0.4, -0.2) is 65.0 Å². The fourth-order valence-electron chi connectivity index (χ4n) is 3.58. The van der Waals surface area contributed by atoms with Crippen LogP contribution in [0.4, 0.5) is 0 Å². The molecule has 1 aliphatic rings. The third kappa shape index (κ3) is 4.74. The molecule has 2 heterocycles. The number of hydrogen-bond donors (Lipinski definition) is 0. The molecule has 2 amide bonds. The van der Waals surface area contributed by atoms with Crippen molar-refractivity contribution in [2.45, 2.75) is 13.3 Å². The lowest BCUT2D eigenvalue weighted by Crippen LogP contribution is -2.51. The fraction of sp³-hybridized carbons (Fsp3) is 0.304. The van der Waals surface area contributed by atoms with E-state index in [-0.39, 0.29) is 11.8 Å². The van der Waals surface area contributed by atoms with Crippen LogP contribution in [0.25, 0.3) is 11.5 Å². The minimum Gasteiger partial charge on any atom is -0.497 e. The van der Waals surface area contributed by atoms with Gasteiger partial charge in [-0.1, -0.05) is 17.3 Å². The van der Waals surface area contributed by atoms with Crippen LogP contribution in [0.2, 0.25) is 0 Å². The summed E-state index contributed by atoms with van der Waals surface area (Å²) in [6.45, 7) is 3.81. The molecule has 1 saturated heterocycles. The summed E-state index contributed by atoms with van der Waals surface area (Å²) in [6, 6.07) is 14.6. The summed E-state index contributed by atoms with van der Waals surface area (Å²) in [6.07, 6.45) is 0.321. The zero-order chi connectivity index (χ0) is 21.8. The SMILES string of the molecule is COc1cccc(CC(=O)N2CCN(C(=O)c3ccc(-c4nc(C)no4)cc3)CC2)c1. The highest BCUT2D eigenvalue weighted by Gasteiger charge is 2.25. The Hall–Kier alpha value is -3.68. The molecule has 8 nitrogen and oxygen atoms in total. The maximum Gasteiger partial charge on any atom is 0.257 e. The molecule has 2 aromatic carbocycles. The molecule has 0 spiro atoms. The average molecular weight is 420 g/mol. The molecular formula is C23H24N4O4. The summed E-state index contributed by atoms with van der Waals surface area (Å²) in [7, 11) is 1.61. The van der Waals surface area contributed by atoms with Crippen LogP contribution < -0.4 is 4.74 Å². The van der Waals surface area contributed by atoms with E-state index in [0.29, 0.717) is 49.9 Å². The molecule has 0 N–H and O–H groups in total. The predicted octanol–water partition coefficient (Wildman–Crippen LogP) is 2.58. The molecule has 0 unspecified atom stereocenters. The monoisotopic (exact) mass is 420 g/mol. The third-order valence-corrected chi connectivity index (χ3v) is 5.32. The smallest absolute Gasteiger partial charge is 0.257 e. The number of aromatic nitrogens is 2. The summed E-state index contributed by atoms with van der Waals surface area (Å²) < 4.78 is 10.4. The number of benzene rings is 2. The minimum absolute atomic E-state index is 0.0480. The number of methoxy groups -OCH3 is 1. The molecular weight excluding hydrogens is 396 g/mol. The second kappa shape index (κ2) is 8.99. The zero-order valence-electron chi connectivity index (χ0n) is 17.6. The number of carbonyl (C=O) groups is 2. The van der Waals surface area contributed by atoms with Gasteiger partial charge in [-0.25, -0.2) is 0 Å². The molecule has 0 saturated carbocycles. The van der Waals surface area contributed by atoms with E-state index in [2.05, 4.69) is 10.1 Å². The predicted molar refractivity (Wildman–Crippen MR) is 114 cm³/mol. The van der Waals surface area contributed by atoms with Gasteiger partial charge in [0.2, 0.25) is 5.91 Å². The quantitative estimate of drug-likeness (QED) is 0.630. The van der Waals surface area contributed by atoms with Crippen LogP contribution in [-0.2, 0) is 11.2 Å².